The van der Waals surface area contributed by atoms with Crippen molar-refractivity contribution in [1.29, 1.82) is 5.41 Å². The number of nitrogens with zero attached hydrogens (tertiary/aromatic N) is 2. The van der Waals surface area contributed by atoms with Crippen LogP contribution in [-0.2, 0) is 32.1 Å². The van der Waals surface area contributed by atoms with Crippen molar-refractivity contribution in [2.75, 3.05) is 19.6 Å². The van der Waals surface area contributed by atoms with Gasteiger partial charge in [-0.3, -0.25) is 34.6 Å². The molecule has 0 aromatic heterocycles. The second kappa shape index (κ2) is 22.8. The topological polar surface area (TPSA) is 321 Å². The normalized spacial score (nSPS) is 12.3. The van der Waals surface area contributed by atoms with Crippen LogP contribution in [0.5, 0.6) is 0 Å². The van der Waals surface area contributed by atoms with Crippen LogP contribution in [0.1, 0.15) is 61.6 Å². The van der Waals surface area contributed by atoms with Gasteiger partial charge < -0.3 is 55.7 Å². The molecule has 0 saturated heterocycles. The molecule has 0 saturated carbocycles. The summed E-state index contributed by atoms with van der Waals surface area (Å²) in [6, 6.07) is 12.9. The van der Waals surface area contributed by atoms with Gasteiger partial charge in [-0.25, -0.2) is 0 Å². The van der Waals surface area contributed by atoms with Gasteiger partial charge in [-0.2, -0.15) is 0 Å². The number of amides is 4. The lowest BCUT2D eigenvalue weighted by Gasteiger charge is -2.25. The predicted molar refractivity (Wildman–Crippen MR) is 198 cm³/mol. The van der Waals surface area contributed by atoms with Crippen LogP contribution in [0.15, 0.2) is 64.6 Å². The Kier molecular flexibility index (Phi) is 18.6. The van der Waals surface area contributed by atoms with Gasteiger partial charge in [-0.1, -0.05) is 54.6 Å². The molecule has 0 aliphatic heterocycles. The SMILES string of the molecule is N=C(N)c1ccc(CNC(=O)C(CCCN=C(N)N)NC(=O)[C@H](CCCCN)NC(=O)C(CCCN=C(N)N)NC(=O)Cc2ccccc2)cc1. The van der Waals surface area contributed by atoms with Crippen molar-refractivity contribution in [2.24, 2.45) is 44.4 Å². The minimum atomic E-state index is -1.04. The number of nitrogens with one attached hydrogen (secondary N) is 5. The maximum atomic E-state index is 13.8. The zero-order chi connectivity index (χ0) is 37.6. The number of unbranched alkanes of at least 4 members (excludes halogenated alkanes) is 1. The Labute approximate surface area is 298 Å². The van der Waals surface area contributed by atoms with E-state index in [0.717, 1.165) is 11.1 Å². The van der Waals surface area contributed by atoms with Crippen molar-refractivity contribution in [1.82, 2.24) is 21.3 Å². The first kappa shape index (κ1) is 41.5. The highest BCUT2D eigenvalue weighted by Crippen LogP contribution is 2.09. The molecule has 0 bridgehead atoms. The van der Waals surface area contributed by atoms with Crippen LogP contribution in [0.3, 0.4) is 0 Å². The Bertz CT molecular complexity index is 1470. The maximum absolute atomic E-state index is 13.8. The Morgan fingerprint density at radius 2 is 1.14 bits per heavy atom. The largest absolute Gasteiger partial charge is 0.384 e. The van der Waals surface area contributed by atoms with Crippen molar-refractivity contribution in [3.63, 3.8) is 0 Å². The summed E-state index contributed by atoms with van der Waals surface area (Å²) in [6.45, 7) is 1.00. The molecule has 0 aliphatic carbocycles. The summed E-state index contributed by atoms with van der Waals surface area (Å²) in [7, 11) is 0. The van der Waals surface area contributed by atoms with Gasteiger partial charge in [-0.05, 0) is 62.6 Å². The molecule has 3 atom stereocenters. The molecule has 17 heteroatoms. The van der Waals surface area contributed by atoms with Gasteiger partial charge >= 0.3 is 0 Å². The zero-order valence-corrected chi connectivity index (χ0v) is 28.9. The number of benzene rings is 2. The fourth-order valence-electron chi connectivity index (χ4n) is 4.99. The predicted octanol–water partition coefficient (Wildman–Crippen LogP) is -1.48. The van der Waals surface area contributed by atoms with Crippen molar-refractivity contribution in [2.45, 2.75) is 76.0 Å². The molecule has 0 radical (unpaired) electrons. The van der Waals surface area contributed by atoms with Gasteiger partial charge in [0, 0.05) is 25.2 Å². The number of amidine groups is 1. The molecule has 0 aliphatic rings. The first-order chi connectivity index (χ1) is 24.4. The van der Waals surface area contributed by atoms with E-state index in [9.17, 15) is 19.2 Å². The Hall–Kier alpha value is -5.71. The summed E-state index contributed by atoms with van der Waals surface area (Å²) < 4.78 is 0. The molecule has 0 spiro atoms. The summed E-state index contributed by atoms with van der Waals surface area (Å²) >= 11 is 0. The number of hydrogen-bond donors (Lipinski definition) is 11. The molecule has 0 heterocycles. The zero-order valence-electron chi connectivity index (χ0n) is 28.9. The number of aliphatic imine (C=N–C) groups is 2. The van der Waals surface area contributed by atoms with E-state index in [1.165, 1.54) is 0 Å². The van der Waals surface area contributed by atoms with Crippen LogP contribution in [0.4, 0.5) is 0 Å². The smallest absolute Gasteiger partial charge is 0.243 e. The van der Waals surface area contributed by atoms with Crippen LogP contribution in [0.25, 0.3) is 0 Å². The quantitative estimate of drug-likeness (QED) is 0.0361. The summed E-state index contributed by atoms with van der Waals surface area (Å²) in [5.41, 5.74) is 35.1. The first-order valence-electron chi connectivity index (χ1n) is 16.9. The van der Waals surface area contributed by atoms with E-state index in [2.05, 4.69) is 31.3 Å². The molecule has 17 N–H and O–H groups in total. The fourth-order valence-corrected chi connectivity index (χ4v) is 4.99. The summed E-state index contributed by atoms with van der Waals surface area (Å²) in [4.78, 5) is 61.7. The van der Waals surface area contributed by atoms with E-state index in [1.54, 1.807) is 36.4 Å². The van der Waals surface area contributed by atoms with Gasteiger partial charge in [-0.15, -0.1) is 0 Å². The highest BCUT2D eigenvalue weighted by Gasteiger charge is 2.29. The van der Waals surface area contributed by atoms with Crippen LogP contribution < -0.4 is 55.7 Å². The average molecular weight is 708 g/mol. The molecule has 0 fully saturated rings. The number of nitrogen functional groups attached to an aromatic ring is 1. The van der Waals surface area contributed by atoms with Gasteiger partial charge in [0.15, 0.2) is 11.9 Å². The molecule has 2 aromatic carbocycles. The maximum Gasteiger partial charge on any atom is 0.243 e. The lowest BCUT2D eigenvalue weighted by molar-refractivity contribution is -0.134. The number of nitrogens with two attached hydrogens (primary N) is 6. The Morgan fingerprint density at radius 3 is 1.65 bits per heavy atom. The van der Waals surface area contributed by atoms with E-state index < -0.39 is 35.8 Å². The lowest BCUT2D eigenvalue weighted by atomic mass is 10.0. The van der Waals surface area contributed by atoms with E-state index in [0.29, 0.717) is 37.8 Å². The van der Waals surface area contributed by atoms with E-state index in [1.807, 2.05) is 18.2 Å². The van der Waals surface area contributed by atoms with Crippen LogP contribution in [-0.4, -0.2) is 79.1 Å². The molecule has 2 rings (SSSR count). The van der Waals surface area contributed by atoms with Gasteiger partial charge in [0.25, 0.3) is 0 Å². The van der Waals surface area contributed by atoms with Gasteiger partial charge in [0.05, 0.1) is 6.42 Å². The van der Waals surface area contributed by atoms with Crippen LogP contribution in [0, 0.1) is 5.41 Å². The molecule has 51 heavy (non-hydrogen) atoms. The number of carbonyl (C=O) groups is 4. The monoisotopic (exact) mass is 707 g/mol. The molecule has 4 amide bonds. The summed E-state index contributed by atoms with van der Waals surface area (Å²) in [5, 5.41) is 18.7. The highest BCUT2D eigenvalue weighted by atomic mass is 16.2. The van der Waals surface area contributed by atoms with Crippen molar-refractivity contribution in [3.05, 3.63) is 71.3 Å². The summed E-state index contributed by atoms with van der Waals surface area (Å²) in [5.74, 6) is -2.25. The average Bonchev–Trinajstić information content (AvgIpc) is 3.09. The van der Waals surface area contributed by atoms with Gasteiger partial charge in [0.1, 0.15) is 24.0 Å². The fraction of sp³-hybridized carbons (Fsp3) is 0.441. The lowest BCUT2D eigenvalue weighted by Crippen LogP contribution is -2.56. The third kappa shape index (κ3) is 17.0. The second-order valence-electron chi connectivity index (χ2n) is 11.9. The van der Waals surface area contributed by atoms with Crippen molar-refractivity contribution < 1.29 is 19.2 Å². The number of guanidine groups is 2. The molecule has 278 valence electrons. The van der Waals surface area contributed by atoms with Crippen LogP contribution >= 0.6 is 0 Å². The van der Waals surface area contributed by atoms with Crippen molar-refractivity contribution in [3.8, 4) is 0 Å². The molecular formula is C34H53N13O4. The molecule has 2 aromatic rings. The van der Waals surface area contributed by atoms with E-state index >= 15 is 0 Å². The second-order valence-corrected chi connectivity index (χ2v) is 11.9. The van der Waals surface area contributed by atoms with Crippen LogP contribution in [0.2, 0.25) is 0 Å². The minimum Gasteiger partial charge on any atom is -0.384 e. The van der Waals surface area contributed by atoms with Crippen molar-refractivity contribution >= 4 is 41.4 Å². The number of hydrogen-bond acceptors (Lipinski definition) is 8. The molecule has 2 unspecified atom stereocenters. The van der Waals surface area contributed by atoms with Gasteiger partial charge in [0.2, 0.25) is 23.6 Å². The molecule has 17 nitrogen and oxygen atoms in total. The third-order valence-corrected chi connectivity index (χ3v) is 7.69. The minimum absolute atomic E-state index is 0.0520. The Morgan fingerprint density at radius 1 is 0.627 bits per heavy atom. The summed E-state index contributed by atoms with van der Waals surface area (Å²) in [6.07, 6.45) is 2.55. The number of carbonyl (C=O) groups excluding carboxylic acids is 4. The first-order valence-corrected chi connectivity index (χ1v) is 16.9. The Balaban J connectivity index is 2.22. The van der Waals surface area contributed by atoms with E-state index in [4.69, 9.17) is 39.8 Å². The third-order valence-electron chi connectivity index (χ3n) is 7.69. The molecular weight excluding hydrogens is 654 g/mol. The highest BCUT2D eigenvalue weighted by molar-refractivity contribution is 5.95. The standard InChI is InChI=1S/C34H53N13O4/c35-17-5-4-10-27(47-31(50)26(12-7-19-43-34(40)41)45-28(48)20-22-8-2-1-3-9-22)32(51)46-25(11-6-18-42-33(38)39)30(49)44-21-23-13-15-24(16-14-23)29(36)37/h1-3,8-9,13-16,25-27H,4-7,10-12,17-21,35H2,(H3,36,37)(H,44,49)(H,45,48)(H,46,51)(H,47,50)(H4,38,39,42)(H4,40,41,43)/t25?,26?,27-/m0/s1. The number of rotatable bonds is 23. The van der Waals surface area contributed by atoms with E-state index in [-0.39, 0.29) is 69.0 Å².